The van der Waals surface area contributed by atoms with Gasteiger partial charge in [0.1, 0.15) is 34.6 Å². The first kappa shape index (κ1) is 22.9. The number of nitrogens with zero attached hydrogens (tertiary/aromatic N) is 3. The van der Waals surface area contributed by atoms with Crippen molar-refractivity contribution < 1.29 is 18.7 Å². The van der Waals surface area contributed by atoms with Crippen molar-refractivity contribution in [3.63, 3.8) is 0 Å². The number of likely N-dealkylation sites (N-methyl/N-ethyl adjacent to an activating group) is 1. The minimum Gasteiger partial charge on any atom is -0.486 e. The Morgan fingerprint density at radius 3 is 2.76 bits per heavy atom. The smallest absolute Gasteiger partial charge is 0.259 e. The lowest BCUT2D eigenvalue weighted by molar-refractivity contribution is -0.132. The number of anilines is 2. The summed E-state index contributed by atoms with van der Waals surface area (Å²) in [5, 5.41) is 3.90. The molecule has 174 valence electrons. The summed E-state index contributed by atoms with van der Waals surface area (Å²) in [6.07, 6.45) is 4.71. The van der Waals surface area contributed by atoms with E-state index in [4.69, 9.17) is 10.5 Å². The van der Waals surface area contributed by atoms with Gasteiger partial charge >= 0.3 is 0 Å². The Labute approximate surface area is 195 Å². The van der Waals surface area contributed by atoms with Gasteiger partial charge in [0.15, 0.2) is 0 Å². The lowest BCUT2D eigenvalue weighted by Gasteiger charge is -2.37. The zero-order valence-corrected chi connectivity index (χ0v) is 19.5. The number of aromatic nitrogens is 2. The fraction of sp³-hybridized carbons (Fsp3) is 0.391. The SMILES string of the molecule is CC(=O)N(C)[C@@H]1CCCCC1Oc1cc(F)ccc1Nc1ncnc2sc(C(N)=O)c(C)c12. The van der Waals surface area contributed by atoms with Gasteiger partial charge < -0.3 is 20.7 Å². The highest BCUT2D eigenvalue weighted by atomic mass is 32.1. The van der Waals surface area contributed by atoms with Crippen molar-refractivity contribution in [2.75, 3.05) is 12.4 Å². The Hall–Kier alpha value is -3.27. The maximum absolute atomic E-state index is 14.2. The molecule has 4 rings (SSSR count). The van der Waals surface area contributed by atoms with Crippen molar-refractivity contribution in [3.05, 3.63) is 40.8 Å². The molecule has 10 heteroatoms. The molecule has 0 bridgehead atoms. The van der Waals surface area contributed by atoms with Crippen LogP contribution in [0.15, 0.2) is 24.5 Å². The molecule has 2 amide bonds. The Morgan fingerprint density at radius 1 is 1.27 bits per heavy atom. The van der Waals surface area contributed by atoms with E-state index in [1.54, 1.807) is 24.9 Å². The molecule has 3 N–H and O–H groups in total. The molecule has 1 fully saturated rings. The van der Waals surface area contributed by atoms with E-state index in [-0.39, 0.29) is 18.1 Å². The van der Waals surface area contributed by atoms with Gasteiger partial charge in [0.05, 0.1) is 22.0 Å². The first-order valence-electron chi connectivity index (χ1n) is 10.8. The van der Waals surface area contributed by atoms with Gasteiger partial charge in [-0.1, -0.05) is 6.42 Å². The van der Waals surface area contributed by atoms with Crippen LogP contribution in [0.1, 0.15) is 47.8 Å². The van der Waals surface area contributed by atoms with Crippen LogP contribution in [-0.4, -0.2) is 45.9 Å². The van der Waals surface area contributed by atoms with Gasteiger partial charge in [-0.3, -0.25) is 9.59 Å². The molecule has 33 heavy (non-hydrogen) atoms. The maximum atomic E-state index is 14.2. The largest absolute Gasteiger partial charge is 0.486 e. The predicted molar refractivity (Wildman–Crippen MR) is 125 cm³/mol. The number of nitrogens with two attached hydrogens (primary N) is 1. The molecule has 0 saturated heterocycles. The summed E-state index contributed by atoms with van der Waals surface area (Å²) >= 11 is 1.20. The standard InChI is InChI=1S/C23H26FN5O3S/c1-12-19-22(26-11-27-23(19)33-20(12)21(25)31)28-15-9-8-14(24)10-18(15)32-17-7-5-4-6-16(17)29(3)13(2)30/h8-11,16-17H,4-7H2,1-3H3,(H2,25,31)(H,26,27,28)/t16-,17?/m1/s1. The second-order valence-corrected chi connectivity index (χ2v) is 9.23. The molecule has 0 spiro atoms. The van der Waals surface area contributed by atoms with Crippen LogP contribution in [0.3, 0.4) is 0 Å². The van der Waals surface area contributed by atoms with Crippen molar-refractivity contribution in [3.8, 4) is 5.75 Å². The second kappa shape index (κ2) is 9.30. The first-order valence-corrected chi connectivity index (χ1v) is 11.6. The molecule has 1 aromatic carbocycles. The number of halogens is 1. The zero-order chi connectivity index (χ0) is 23.7. The number of rotatable bonds is 6. The molecular formula is C23H26FN5O3S. The topological polar surface area (TPSA) is 110 Å². The molecule has 2 atom stereocenters. The number of hydrogen-bond donors (Lipinski definition) is 2. The Kier molecular flexibility index (Phi) is 6.46. The van der Waals surface area contributed by atoms with Crippen LogP contribution in [0, 0.1) is 12.7 Å². The number of fused-ring (bicyclic) bond motifs is 1. The van der Waals surface area contributed by atoms with E-state index in [0.29, 0.717) is 37.9 Å². The van der Waals surface area contributed by atoms with Gasteiger partial charge in [0.2, 0.25) is 5.91 Å². The van der Waals surface area contributed by atoms with E-state index < -0.39 is 11.7 Å². The number of aryl methyl sites for hydroxylation is 1. The summed E-state index contributed by atoms with van der Waals surface area (Å²) in [5.74, 6) is -0.185. The molecule has 1 saturated carbocycles. The molecule has 1 aliphatic carbocycles. The number of primary amides is 1. The van der Waals surface area contributed by atoms with Crippen molar-refractivity contribution in [1.29, 1.82) is 0 Å². The lowest BCUT2D eigenvalue weighted by Crippen LogP contribution is -2.48. The molecule has 0 radical (unpaired) electrons. The van der Waals surface area contributed by atoms with E-state index in [9.17, 15) is 14.0 Å². The number of ether oxygens (including phenoxy) is 1. The molecule has 1 unspecified atom stereocenters. The Balaban J connectivity index is 1.68. The van der Waals surface area contributed by atoms with Crippen LogP contribution in [0.4, 0.5) is 15.9 Å². The number of amides is 2. The lowest BCUT2D eigenvalue weighted by atomic mass is 9.91. The van der Waals surface area contributed by atoms with E-state index in [2.05, 4.69) is 15.3 Å². The summed E-state index contributed by atoms with van der Waals surface area (Å²) < 4.78 is 20.5. The van der Waals surface area contributed by atoms with Crippen LogP contribution in [0.25, 0.3) is 10.2 Å². The van der Waals surface area contributed by atoms with Gasteiger partial charge in [-0.15, -0.1) is 11.3 Å². The number of carbonyl (C=O) groups excluding carboxylic acids is 2. The average Bonchev–Trinajstić information content (AvgIpc) is 3.13. The summed E-state index contributed by atoms with van der Waals surface area (Å²) in [5.41, 5.74) is 6.71. The molecule has 1 aliphatic rings. The second-order valence-electron chi connectivity index (χ2n) is 8.23. The first-order chi connectivity index (χ1) is 15.8. The fourth-order valence-corrected chi connectivity index (χ4v) is 5.28. The Bertz CT molecular complexity index is 1210. The maximum Gasteiger partial charge on any atom is 0.259 e. The Morgan fingerprint density at radius 2 is 2.03 bits per heavy atom. The van der Waals surface area contributed by atoms with Crippen LogP contribution in [0.2, 0.25) is 0 Å². The van der Waals surface area contributed by atoms with Crippen molar-refractivity contribution in [1.82, 2.24) is 14.9 Å². The molecule has 2 aromatic heterocycles. The number of hydrogen-bond acceptors (Lipinski definition) is 7. The van der Waals surface area contributed by atoms with Crippen LogP contribution < -0.4 is 15.8 Å². The van der Waals surface area contributed by atoms with Crippen molar-refractivity contribution in [2.45, 2.75) is 51.7 Å². The monoisotopic (exact) mass is 471 g/mol. The van der Waals surface area contributed by atoms with Crippen molar-refractivity contribution in [2.24, 2.45) is 5.73 Å². The molecule has 8 nitrogen and oxygen atoms in total. The quantitative estimate of drug-likeness (QED) is 0.559. The van der Waals surface area contributed by atoms with Gasteiger partial charge in [0, 0.05) is 20.0 Å². The van der Waals surface area contributed by atoms with E-state index in [0.717, 1.165) is 25.7 Å². The van der Waals surface area contributed by atoms with Crippen LogP contribution in [0.5, 0.6) is 5.75 Å². The number of carbonyl (C=O) groups is 2. The summed E-state index contributed by atoms with van der Waals surface area (Å²) in [6, 6.07) is 4.16. The fourth-order valence-electron chi connectivity index (χ4n) is 4.28. The molecule has 3 aromatic rings. The number of benzene rings is 1. The number of thiophene rings is 1. The van der Waals surface area contributed by atoms with Crippen LogP contribution in [-0.2, 0) is 4.79 Å². The average molecular weight is 472 g/mol. The summed E-state index contributed by atoms with van der Waals surface area (Å²) in [4.78, 5) is 35.1. The van der Waals surface area contributed by atoms with Gasteiger partial charge in [-0.25, -0.2) is 14.4 Å². The van der Waals surface area contributed by atoms with E-state index in [1.165, 1.54) is 36.7 Å². The minimum atomic E-state index is -0.523. The highest BCUT2D eigenvalue weighted by molar-refractivity contribution is 7.20. The zero-order valence-electron chi connectivity index (χ0n) is 18.7. The minimum absolute atomic E-state index is 0.0327. The third kappa shape index (κ3) is 4.61. The normalized spacial score (nSPS) is 18.2. The van der Waals surface area contributed by atoms with E-state index >= 15 is 0 Å². The third-order valence-electron chi connectivity index (χ3n) is 6.09. The van der Waals surface area contributed by atoms with Crippen LogP contribution >= 0.6 is 11.3 Å². The van der Waals surface area contributed by atoms with Gasteiger partial charge in [-0.2, -0.15) is 0 Å². The van der Waals surface area contributed by atoms with E-state index in [1.807, 2.05) is 0 Å². The number of nitrogens with one attached hydrogen (secondary N) is 1. The third-order valence-corrected chi connectivity index (χ3v) is 7.30. The predicted octanol–water partition coefficient (Wildman–Crippen LogP) is 4.15. The molecule has 2 heterocycles. The van der Waals surface area contributed by atoms with Gasteiger partial charge in [0.25, 0.3) is 5.91 Å². The summed E-state index contributed by atoms with van der Waals surface area (Å²) in [6.45, 7) is 3.32. The summed E-state index contributed by atoms with van der Waals surface area (Å²) in [7, 11) is 1.77. The molecule has 0 aliphatic heterocycles. The highest BCUT2D eigenvalue weighted by Gasteiger charge is 2.32. The van der Waals surface area contributed by atoms with Gasteiger partial charge in [-0.05, 0) is 43.9 Å². The molecular weight excluding hydrogens is 445 g/mol. The highest BCUT2D eigenvalue weighted by Crippen LogP contribution is 2.37. The van der Waals surface area contributed by atoms with Crippen molar-refractivity contribution >= 4 is 44.9 Å².